The number of hydrazine groups is 1. The lowest BCUT2D eigenvalue weighted by Gasteiger charge is -2.25. The molecule has 0 aromatic heterocycles. The van der Waals surface area contributed by atoms with Gasteiger partial charge in [-0.2, -0.15) is 0 Å². The van der Waals surface area contributed by atoms with E-state index in [1.54, 1.807) is 24.3 Å². The number of esters is 1. The Balaban J connectivity index is 1.61. The maximum atomic E-state index is 12.8. The number of imide groups is 1. The average Bonchev–Trinajstić information content (AvgIpc) is 3.04. The number of carbonyl (C=O) groups excluding carboxylic acids is 5. The summed E-state index contributed by atoms with van der Waals surface area (Å²) in [6, 6.07) is 11.4. The Morgan fingerprint density at radius 1 is 0.939 bits per heavy atom. The van der Waals surface area contributed by atoms with Crippen LogP contribution in [0.2, 0.25) is 5.02 Å². The summed E-state index contributed by atoms with van der Waals surface area (Å²) in [4.78, 5) is 63.3. The summed E-state index contributed by atoms with van der Waals surface area (Å²) >= 11 is 5.93. The molecule has 0 aliphatic carbocycles. The molecule has 2 N–H and O–H groups in total. The Kier molecular flexibility index (Phi) is 7.44. The molecule has 172 valence electrons. The van der Waals surface area contributed by atoms with Gasteiger partial charge in [-0.15, -0.1) is 0 Å². The molecular weight excluding hydrogens is 450 g/mol. The van der Waals surface area contributed by atoms with Crippen LogP contribution in [0.25, 0.3) is 0 Å². The van der Waals surface area contributed by atoms with Crippen LogP contribution < -0.4 is 10.9 Å². The molecule has 2 aromatic rings. The predicted octanol–water partition coefficient (Wildman–Crippen LogP) is 2.36. The lowest BCUT2D eigenvalue weighted by molar-refractivity contribution is -0.153. The van der Waals surface area contributed by atoms with Gasteiger partial charge in [0, 0.05) is 0 Å². The van der Waals surface area contributed by atoms with Gasteiger partial charge in [0.1, 0.15) is 6.04 Å². The van der Waals surface area contributed by atoms with Crippen LogP contribution in [0, 0.1) is 5.92 Å². The van der Waals surface area contributed by atoms with Crippen molar-refractivity contribution in [3.63, 3.8) is 0 Å². The molecule has 0 spiro atoms. The van der Waals surface area contributed by atoms with Crippen molar-refractivity contribution in [1.82, 2.24) is 15.8 Å². The molecule has 10 heteroatoms. The number of nitrogens with zero attached hydrogens (tertiary/aromatic N) is 1. The summed E-state index contributed by atoms with van der Waals surface area (Å²) in [6.07, 6.45) is 0.162. The molecule has 0 saturated carbocycles. The highest BCUT2D eigenvalue weighted by Crippen LogP contribution is 2.27. The van der Waals surface area contributed by atoms with Crippen LogP contribution in [-0.4, -0.2) is 47.1 Å². The number of rotatable bonds is 7. The van der Waals surface area contributed by atoms with Crippen LogP contribution in [0.15, 0.2) is 48.5 Å². The number of carbonyl (C=O) groups is 5. The van der Waals surface area contributed by atoms with Crippen LogP contribution in [0.4, 0.5) is 0 Å². The minimum absolute atomic E-state index is 0.0457. The van der Waals surface area contributed by atoms with E-state index in [0.717, 1.165) is 4.90 Å². The highest BCUT2D eigenvalue weighted by Gasteiger charge is 2.43. The van der Waals surface area contributed by atoms with E-state index < -0.39 is 42.2 Å². The van der Waals surface area contributed by atoms with Crippen molar-refractivity contribution in [3.8, 4) is 0 Å². The van der Waals surface area contributed by atoms with Crippen LogP contribution in [0.1, 0.15) is 51.3 Å². The van der Waals surface area contributed by atoms with Crippen molar-refractivity contribution in [2.75, 3.05) is 6.61 Å². The summed E-state index contributed by atoms with van der Waals surface area (Å²) in [5.74, 6) is -3.58. The Morgan fingerprint density at radius 2 is 1.52 bits per heavy atom. The third-order valence-electron chi connectivity index (χ3n) is 4.88. The molecule has 4 amide bonds. The molecule has 1 heterocycles. The van der Waals surface area contributed by atoms with Gasteiger partial charge in [0.2, 0.25) is 0 Å². The first kappa shape index (κ1) is 23.9. The average molecular weight is 472 g/mol. The fraction of sp³-hybridized carbons (Fsp3) is 0.261. The van der Waals surface area contributed by atoms with E-state index in [-0.39, 0.29) is 34.1 Å². The first-order chi connectivity index (χ1) is 15.7. The standard InChI is InChI=1S/C23H22ClN3O6/c1-13(2)11-18(27-21(30)14-7-3-4-8-15(14)22(27)31)23(32)33-12-19(28)25-26-20(29)16-9-5-6-10-17(16)24/h3-10,13,18H,11-12H2,1-2H3,(H,25,28)(H,26,29)/t18-/m0/s1. The monoisotopic (exact) mass is 471 g/mol. The van der Waals surface area contributed by atoms with Gasteiger partial charge in [0.15, 0.2) is 6.61 Å². The van der Waals surface area contributed by atoms with E-state index in [0.29, 0.717) is 0 Å². The highest BCUT2D eigenvalue weighted by molar-refractivity contribution is 6.33. The molecule has 33 heavy (non-hydrogen) atoms. The molecular formula is C23H22ClN3O6. The minimum Gasteiger partial charge on any atom is -0.454 e. The summed E-state index contributed by atoms with van der Waals surface area (Å²) < 4.78 is 5.06. The summed E-state index contributed by atoms with van der Waals surface area (Å²) in [5.41, 5.74) is 4.87. The number of nitrogens with one attached hydrogen (secondary N) is 2. The number of hydrogen-bond acceptors (Lipinski definition) is 6. The van der Waals surface area contributed by atoms with Gasteiger partial charge < -0.3 is 4.74 Å². The molecule has 2 aromatic carbocycles. The van der Waals surface area contributed by atoms with Crippen molar-refractivity contribution < 1.29 is 28.7 Å². The Morgan fingerprint density at radius 3 is 2.09 bits per heavy atom. The molecule has 0 bridgehead atoms. The molecule has 1 aliphatic rings. The van der Waals surface area contributed by atoms with Gasteiger partial charge in [-0.25, -0.2) is 4.79 Å². The second-order valence-electron chi connectivity index (χ2n) is 7.76. The van der Waals surface area contributed by atoms with Crippen molar-refractivity contribution in [1.29, 1.82) is 0 Å². The van der Waals surface area contributed by atoms with Crippen molar-refractivity contribution in [2.24, 2.45) is 5.92 Å². The van der Waals surface area contributed by atoms with Crippen molar-refractivity contribution in [3.05, 3.63) is 70.2 Å². The highest BCUT2D eigenvalue weighted by atomic mass is 35.5. The van der Waals surface area contributed by atoms with Crippen molar-refractivity contribution in [2.45, 2.75) is 26.3 Å². The smallest absolute Gasteiger partial charge is 0.329 e. The third kappa shape index (κ3) is 5.38. The molecule has 3 rings (SSSR count). The van der Waals surface area contributed by atoms with E-state index in [1.165, 1.54) is 24.3 Å². The first-order valence-electron chi connectivity index (χ1n) is 10.2. The lowest BCUT2D eigenvalue weighted by atomic mass is 10.0. The second kappa shape index (κ2) is 10.3. The van der Waals surface area contributed by atoms with Crippen LogP contribution in [-0.2, 0) is 14.3 Å². The van der Waals surface area contributed by atoms with Gasteiger partial charge in [-0.1, -0.05) is 49.7 Å². The Labute approximate surface area is 195 Å². The van der Waals surface area contributed by atoms with Crippen LogP contribution in [0.5, 0.6) is 0 Å². The van der Waals surface area contributed by atoms with E-state index in [2.05, 4.69) is 10.9 Å². The topological polar surface area (TPSA) is 122 Å². The summed E-state index contributed by atoms with van der Waals surface area (Å²) in [5, 5.41) is 0.202. The van der Waals surface area contributed by atoms with Gasteiger partial charge in [-0.05, 0) is 36.6 Å². The SMILES string of the molecule is CC(C)C[C@@H](C(=O)OCC(=O)NNC(=O)c1ccccc1Cl)N1C(=O)c2ccccc2C1=O. The largest absolute Gasteiger partial charge is 0.454 e. The van der Waals surface area contributed by atoms with Gasteiger partial charge in [0.05, 0.1) is 21.7 Å². The molecule has 1 aliphatic heterocycles. The zero-order valence-corrected chi connectivity index (χ0v) is 18.7. The molecule has 0 radical (unpaired) electrons. The number of ether oxygens (including phenoxy) is 1. The number of benzene rings is 2. The summed E-state index contributed by atoms with van der Waals surface area (Å²) in [6.45, 7) is 2.93. The fourth-order valence-corrected chi connectivity index (χ4v) is 3.57. The predicted molar refractivity (Wildman–Crippen MR) is 118 cm³/mol. The molecule has 0 saturated heterocycles. The molecule has 9 nitrogen and oxygen atoms in total. The van der Waals surface area contributed by atoms with Crippen LogP contribution in [0.3, 0.4) is 0 Å². The summed E-state index contributed by atoms with van der Waals surface area (Å²) in [7, 11) is 0. The third-order valence-corrected chi connectivity index (χ3v) is 5.21. The molecule has 0 fully saturated rings. The Hall–Kier alpha value is -3.72. The fourth-order valence-electron chi connectivity index (χ4n) is 3.35. The molecule has 0 unspecified atom stereocenters. The van der Waals surface area contributed by atoms with E-state index >= 15 is 0 Å². The number of hydrogen-bond donors (Lipinski definition) is 2. The van der Waals surface area contributed by atoms with E-state index in [9.17, 15) is 24.0 Å². The Bertz CT molecular complexity index is 1080. The zero-order valence-electron chi connectivity index (χ0n) is 18.0. The quantitative estimate of drug-likeness (QED) is 0.363. The first-order valence-corrected chi connectivity index (χ1v) is 10.6. The van der Waals surface area contributed by atoms with Gasteiger partial charge in [0.25, 0.3) is 23.6 Å². The maximum absolute atomic E-state index is 12.8. The van der Waals surface area contributed by atoms with Crippen molar-refractivity contribution >= 4 is 41.2 Å². The number of halogens is 1. The van der Waals surface area contributed by atoms with Gasteiger partial charge in [-0.3, -0.25) is 34.9 Å². The van der Waals surface area contributed by atoms with Gasteiger partial charge >= 0.3 is 5.97 Å². The normalized spacial score (nSPS) is 13.5. The van der Waals surface area contributed by atoms with E-state index in [1.807, 2.05) is 13.8 Å². The second-order valence-corrected chi connectivity index (χ2v) is 8.17. The van der Waals surface area contributed by atoms with E-state index in [4.69, 9.17) is 16.3 Å². The lowest BCUT2D eigenvalue weighted by Crippen LogP contribution is -2.48. The zero-order chi connectivity index (χ0) is 24.1. The maximum Gasteiger partial charge on any atom is 0.329 e. The number of amides is 4. The number of fused-ring (bicyclic) bond motifs is 1. The van der Waals surface area contributed by atoms with Crippen LogP contribution >= 0.6 is 11.6 Å². The minimum atomic E-state index is -1.19. The molecule has 1 atom stereocenters.